The first-order valence-electron chi connectivity index (χ1n) is 8.60. The molecule has 6 nitrogen and oxygen atoms in total. The van der Waals surface area contributed by atoms with Crippen molar-refractivity contribution in [1.29, 1.82) is 0 Å². The Balaban J connectivity index is 1.70. The minimum Gasteiger partial charge on any atom is -0.451 e. The molecule has 25 heavy (non-hydrogen) atoms. The largest absolute Gasteiger partial charge is 0.451 e. The number of nitrogens with zero attached hydrogens (tertiary/aromatic N) is 2. The van der Waals surface area contributed by atoms with Crippen LogP contribution in [0.15, 0.2) is 28.7 Å². The number of amides is 1. The van der Waals surface area contributed by atoms with E-state index in [-0.39, 0.29) is 5.76 Å². The van der Waals surface area contributed by atoms with Gasteiger partial charge in [-0.2, -0.15) is 0 Å². The number of carbonyl (C=O) groups is 1. The number of nitrogens with two attached hydrogens (primary N) is 1. The molecule has 1 aromatic carbocycles. The van der Waals surface area contributed by atoms with Gasteiger partial charge in [-0.25, -0.2) is 4.98 Å². The zero-order chi connectivity index (χ0) is 17.6. The number of benzene rings is 1. The fourth-order valence-electron chi connectivity index (χ4n) is 3.53. The van der Waals surface area contributed by atoms with Gasteiger partial charge in [0.15, 0.2) is 5.76 Å². The molecule has 0 radical (unpaired) electrons. The van der Waals surface area contributed by atoms with Gasteiger partial charge in [-0.05, 0) is 64.2 Å². The number of hydrogen-bond donors (Lipinski definition) is 2. The maximum atomic E-state index is 11.4. The van der Waals surface area contributed by atoms with Crippen molar-refractivity contribution in [1.82, 2.24) is 9.88 Å². The lowest BCUT2D eigenvalue weighted by molar-refractivity contribution is 0.0976. The molecular weight excluding hydrogens is 316 g/mol. The van der Waals surface area contributed by atoms with Gasteiger partial charge in [0.05, 0.1) is 5.52 Å². The fraction of sp³-hybridized carbons (Fsp3) is 0.368. The first kappa shape index (κ1) is 15.9. The second kappa shape index (κ2) is 6.04. The summed E-state index contributed by atoms with van der Waals surface area (Å²) in [6, 6.07) is 8.20. The number of likely N-dealkylation sites (tertiary alicyclic amines) is 1. The van der Waals surface area contributed by atoms with E-state index < -0.39 is 5.91 Å². The van der Waals surface area contributed by atoms with Gasteiger partial charge in [-0.1, -0.05) is 0 Å². The van der Waals surface area contributed by atoms with Crippen LogP contribution in [0.25, 0.3) is 21.9 Å². The summed E-state index contributed by atoms with van der Waals surface area (Å²) >= 11 is 0. The number of hydrogen-bond acceptors (Lipinski definition) is 5. The Morgan fingerprint density at radius 3 is 2.76 bits per heavy atom. The van der Waals surface area contributed by atoms with Crippen LogP contribution in [0.5, 0.6) is 0 Å². The predicted molar refractivity (Wildman–Crippen MR) is 98.9 cm³/mol. The average molecular weight is 338 g/mol. The third-order valence-corrected chi connectivity index (χ3v) is 5.01. The summed E-state index contributed by atoms with van der Waals surface area (Å²) < 4.78 is 5.63. The van der Waals surface area contributed by atoms with E-state index in [2.05, 4.69) is 23.3 Å². The minimum atomic E-state index is -0.558. The molecule has 6 heteroatoms. The molecule has 0 aliphatic carbocycles. The van der Waals surface area contributed by atoms with E-state index in [0.717, 1.165) is 53.6 Å². The number of pyridine rings is 1. The summed E-state index contributed by atoms with van der Waals surface area (Å²) in [6.07, 6.45) is 2.24. The van der Waals surface area contributed by atoms with Crippen LogP contribution in [0.1, 0.15) is 29.0 Å². The Morgan fingerprint density at radius 2 is 2.04 bits per heavy atom. The zero-order valence-electron chi connectivity index (χ0n) is 14.5. The summed E-state index contributed by atoms with van der Waals surface area (Å²) in [5.74, 6) is 0.501. The third-order valence-electron chi connectivity index (χ3n) is 5.01. The van der Waals surface area contributed by atoms with Gasteiger partial charge in [0, 0.05) is 22.4 Å². The first-order valence-corrected chi connectivity index (χ1v) is 8.60. The molecule has 0 spiro atoms. The van der Waals surface area contributed by atoms with Crippen molar-refractivity contribution in [2.75, 3.05) is 25.5 Å². The van der Waals surface area contributed by atoms with Crippen molar-refractivity contribution in [3.05, 3.63) is 35.6 Å². The van der Waals surface area contributed by atoms with E-state index >= 15 is 0 Å². The van der Waals surface area contributed by atoms with Crippen LogP contribution < -0.4 is 11.1 Å². The molecule has 1 fully saturated rings. The van der Waals surface area contributed by atoms with Gasteiger partial charge in [0.2, 0.25) is 0 Å². The highest BCUT2D eigenvalue weighted by Crippen LogP contribution is 2.30. The molecule has 1 saturated heterocycles. The zero-order valence-corrected chi connectivity index (χ0v) is 14.5. The van der Waals surface area contributed by atoms with Crippen LogP contribution in [0.3, 0.4) is 0 Å². The summed E-state index contributed by atoms with van der Waals surface area (Å²) in [6.45, 7) is 4.17. The highest BCUT2D eigenvalue weighted by Gasteiger charge is 2.18. The summed E-state index contributed by atoms with van der Waals surface area (Å²) in [5.41, 5.74) is 7.81. The van der Waals surface area contributed by atoms with Crippen LogP contribution in [-0.4, -0.2) is 42.0 Å². The predicted octanol–water partition coefficient (Wildman–Crippen LogP) is 2.89. The molecule has 3 aromatic rings. The number of primary amides is 1. The molecule has 0 unspecified atom stereocenters. The maximum Gasteiger partial charge on any atom is 0.284 e. The van der Waals surface area contributed by atoms with Crippen LogP contribution >= 0.6 is 0 Å². The summed E-state index contributed by atoms with van der Waals surface area (Å²) in [4.78, 5) is 18.5. The summed E-state index contributed by atoms with van der Waals surface area (Å²) in [5, 5.41) is 5.45. The van der Waals surface area contributed by atoms with Crippen molar-refractivity contribution in [2.24, 2.45) is 5.73 Å². The molecule has 0 atom stereocenters. The molecule has 1 aliphatic heterocycles. The number of nitrogens with one attached hydrogen (secondary N) is 1. The SMILES string of the molecule is Cc1c2nc(NC3CCN(C)CC3)ccc2cc2cc(C(N)=O)oc12. The number of carbonyl (C=O) groups excluding carboxylic acids is 1. The molecule has 3 N–H and O–H groups in total. The molecule has 1 aliphatic rings. The molecule has 130 valence electrons. The molecule has 4 rings (SSSR count). The van der Waals surface area contributed by atoms with Gasteiger partial charge >= 0.3 is 0 Å². The second-order valence-corrected chi connectivity index (χ2v) is 6.88. The molecule has 0 saturated carbocycles. The van der Waals surface area contributed by atoms with Crippen molar-refractivity contribution in [3.8, 4) is 0 Å². The van der Waals surface area contributed by atoms with Crippen LogP contribution in [0, 0.1) is 6.92 Å². The first-order chi connectivity index (χ1) is 12.0. The van der Waals surface area contributed by atoms with Gasteiger partial charge < -0.3 is 20.4 Å². The second-order valence-electron chi connectivity index (χ2n) is 6.88. The average Bonchev–Trinajstić information content (AvgIpc) is 3.02. The van der Waals surface area contributed by atoms with Gasteiger partial charge in [-0.3, -0.25) is 4.79 Å². The van der Waals surface area contributed by atoms with Gasteiger partial charge in [0.25, 0.3) is 5.91 Å². The Labute approximate surface area is 146 Å². The highest BCUT2D eigenvalue weighted by molar-refractivity contribution is 6.02. The van der Waals surface area contributed by atoms with Gasteiger partial charge in [0.1, 0.15) is 11.4 Å². The van der Waals surface area contributed by atoms with E-state index in [1.165, 1.54) is 0 Å². The topological polar surface area (TPSA) is 84.4 Å². The maximum absolute atomic E-state index is 11.4. The third kappa shape index (κ3) is 2.93. The highest BCUT2D eigenvalue weighted by atomic mass is 16.3. The van der Waals surface area contributed by atoms with Crippen molar-refractivity contribution < 1.29 is 9.21 Å². The lowest BCUT2D eigenvalue weighted by atomic mass is 10.1. The Morgan fingerprint density at radius 1 is 1.28 bits per heavy atom. The molecule has 2 aromatic heterocycles. The summed E-state index contributed by atoms with van der Waals surface area (Å²) in [7, 11) is 2.16. The van der Waals surface area contributed by atoms with Crippen molar-refractivity contribution in [2.45, 2.75) is 25.8 Å². The Hall–Kier alpha value is -2.60. The lowest BCUT2D eigenvalue weighted by Crippen LogP contribution is -2.36. The van der Waals surface area contributed by atoms with Crippen molar-refractivity contribution in [3.63, 3.8) is 0 Å². The normalized spacial score (nSPS) is 16.6. The number of anilines is 1. The van der Waals surface area contributed by atoms with E-state index in [0.29, 0.717) is 11.6 Å². The van der Waals surface area contributed by atoms with Crippen LogP contribution in [-0.2, 0) is 0 Å². The number of aryl methyl sites for hydroxylation is 1. The number of piperidine rings is 1. The molecule has 0 bridgehead atoms. The molecule has 1 amide bonds. The van der Waals surface area contributed by atoms with Crippen LogP contribution in [0.4, 0.5) is 5.82 Å². The number of aromatic nitrogens is 1. The van der Waals surface area contributed by atoms with Gasteiger partial charge in [-0.15, -0.1) is 0 Å². The number of rotatable bonds is 3. The standard InChI is InChI=1S/C19H22N4O2/c1-11-17-12(9-13-10-15(19(20)24)25-18(11)13)3-4-16(22-17)21-14-5-7-23(2)8-6-14/h3-4,9-10,14H,5-8H2,1-2H3,(H2,20,24)(H,21,22). The van der Waals surface area contributed by atoms with E-state index in [1.54, 1.807) is 6.07 Å². The minimum absolute atomic E-state index is 0.179. The van der Waals surface area contributed by atoms with E-state index in [9.17, 15) is 4.79 Å². The van der Waals surface area contributed by atoms with E-state index in [4.69, 9.17) is 15.1 Å². The Bertz CT molecular complexity index is 955. The van der Waals surface area contributed by atoms with Crippen LogP contribution in [0.2, 0.25) is 0 Å². The monoisotopic (exact) mass is 338 g/mol. The van der Waals surface area contributed by atoms with E-state index in [1.807, 2.05) is 19.1 Å². The number of furan rings is 1. The fourth-order valence-corrected chi connectivity index (χ4v) is 3.53. The smallest absolute Gasteiger partial charge is 0.284 e. The number of fused-ring (bicyclic) bond motifs is 2. The Kier molecular flexibility index (Phi) is 3.84. The molecular formula is C19H22N4O2. The quantitative estimate of drug-likeness (QED) is 0.767. The van der Waals surface area contributed by atoms with Crippen molar-refractivity contribution >= 4 is 33.6 Å². The lowest BCUT2D eigenvalue weighted by Gasteiger charge is -2.29. The molecule has 3 heterocycles.